The summed E-state index contributed by atoms with van der Waals surface area (Å²) >= 11 is 0. The molecule has 0 saturated carbocycles. The highest BCUT2D eigenvalue weighted by Gasteiger charge is 2.42. The number of rotatable bonds is 5. The predicted octanol–water partition coefficient (Wildman–Crippen LogP) is 1.82. The van der Waals surface area contributed by atoms with Crippen LogP contribution < -0.4 is 4.90 Å². The maximum atomic E-state index is 13.5. The van der Waals surface area contributed by atoms with E-state index in [-0.39, 0.29) is 11.7 Å². The molecule has 2 saturated heterocycles. The van der Waals surface area contributed by atoms with Crippen LogP contribution in [0.4, 0.5) is 10.2 Å². The zero-order valence-corrected chi connectivity index (χ0v) is 16.7. The maximum absolute atomic E-state index is 13.5. The Morgan fingerprint density at radius 3 is 2.70 bits per heavy atom. The zero-order valence-electron chi connectivity index (χ0n) is 16.7. The fourth-order valence-electron chi connectivity index (χ4n) is 4.59. The lowest BCUT2D eigenvalue weighted by Crippen LogP contribution is -2.33. The first kappa shape index (κ1) is 18.9. The summed E-state index contributed by atoms with van der Waals surface area (Å²) in [5.41, 5.74) is 2.00. The van der Waals surface area contributed by atoms with Gasteiger partial charge in [0, 0.05) is 57.2 Å². The Morgan fingerprint density at radius 1 is 1.17 bits per heavy atom. The number of benzene rings is 1. The Labute approximate surface area is 173 Å². The fraction of sp³-hybridized carbons (Fsp3) is 0.429. The third-order valence-electron chi connectivity index (χ3n) is 6.06. The Morgan fingerprint density at radius 2 is 1.97 bits per heavy atom. The van der Waals surface area contributed by atoms with E-state index in [0.717, 1.165) is 30.1 Å². The summed E-state index contributed by atoms with van der Waals surface area (Å²) in [4.78, 5) is 30.3. The summed E-state index contributed by atoms with van der Waals surface area (Å²) in [6, 6.07) is 5.91. The third kappa shape index (κ3) is 3.28. The first-order valence-corrected chi connectivity index (χ1v) is 10.1. The average Bonchev–Trinajstić information content (AvgIpc) is 3.44. The van der Waals surface area contributed by atoms with Crippen molar-refractivity contribution in [2.45, 2.75) is 6.54 Å². The second kappa shape index (κ2) is 7.64. The lowest BCUT2D eigenvalue weighted by atomic mass is 10.0. The van der Waals surface area contributed by atoms with Gasteiger partial charge < -0.3 is 19.1 Å². The van der Waals surface area contributed by atoms with Gasteiger partial charge >= 0.3 is 0 Å². The highest BCUT2D eigenvalue weighted by Crippen LogP contribution is 2.35. The van der Waals surface area contributed by atoms with Gasteiger partial charge in [-0.15, -0.1) is 0 Å². The normalized spacial score (nSPS) is 20.9. The van der Waals surface area contributed by atoms with Gasteiger partial charge in [-0.3, -0.25) is 4.79 Å². The lowest BCUT2D eigenvalue weighted by molar-refractivity contribution is 0.0782. The van der Waals surface area contributed by atoms with Crippen LogP contribution in [0.25, 0.3) is 11.2 Å². The predicted molar refractivity (Wildman–Crippen MR) is 109 cm³/mol. The summed E-state index contributed by atoms with van der Waals surface area (Å²) in [7, 11) is 1.67. The van der Waals surface area contributed by atoms with Crippen molar-refractivity contribution in [3.8, 4) is 0 Å². The molecular weight excluding hydrogens is 387 g/mol. The minimum absolute atomic E-state index is 0.100. The quantitative estimate of drug-likeness (QED) is 0.639. The minimum Gasteiger partial charge on any atom is -0.383 e. The molecule has 30 heavy (non-hydrogen) atoms. The van der Waals surface area contributed by atoms with Gasteiger partial charge in [-0.1, -0.05) is 6.07 Å². The summed E-state index contributed by atoms with van der Waals surface area (Å²) in [5, 5.41) is 0. The van der Waals surface area contributed by atoms with Gasteiger partial charge in [-0.25, -0.2) is 19.3 Å². The number of carbonyl (C=O) groups is 1. The second-order valence-corrected chi connectivity index (χ2v) is 7.95. The van der Waals surface area contributed by atoms with Crippen LogP contribution in [-0.4, -0.2) is 70.2 Å². The number of likely N-dealkylation sites (tertiary alicyclic amines) is 1. The molecule has 9 heteroatoms. The molecule has 2 unspecified atom stereocenters. The van der Waals surface area contributed by atoms with Crippen LogP contribution in [0.2, 0.25) is 0 Å². The maximum Gasteiger partial charge on any atom is 0.253 e. The smallest absolute Gasteiger partial charge is 0.253 e. The van der Waals surface area contributed by atoms with E-state index in [4.69, 9.17) is 4.74 Å². The number of nitrogens with zero attached hydrogens (tertiary/aromatic N) is 6. The van der Waals surface area contributed by atoms with E-state index in [9.17, 15) is 9.18 Å². The number of methoxy groups -OCH3 is 1. The lowest BCUT2D eigenvalue weighted by Gasteiger charge is -2.22. The molecule has 0 bridgehead atoms. The molecule has 2 aliphatic rings. The van der Waals surface area contributed by atoms with Crippen LogP contribution in [0.15, 0.2) is 36.9 Å². The summed E-state index contributed by atoms with van der Waals surface area (Å²) in [6.07, 6.45) is 3.36. The first-order valence-electron chi connectivity index (χ1n) is 10.1. The molecule has 5 rings (SSSR count). The number of ether oxygens (including phenoxy) is 1. The fourth-order valence-corrected chi connectivity index (χ4v) is 4.59. The Bertz CT molecular complexity index is 1070. The van der Waals surface area contributed by atoms with Gasteiger partial charge in [0.25, 0.3) is 5.91 Å². The molecule has 0 N–H and O–H groups in total. The van der Waals surface area contributed by atoms with Crippen molar-refractivity contribution >= 4 is 22.9 Å². The van der Waals surface area contributed by atoms with Crippen molar-refractivity contribution in [3.63, 3.8) is 0 Å². The van der Waals surface area contributed by atoms with Crippen molar-refractivity contribution < 1.29 is 13.9 Å². The number of imidazole rings is 1. The molecule has 156 valence electrons. The molecule has 3 aromatic rings. The number of fused-ring (bicyclic) bond motifs is 2. The Kier molecular flexibility index (Phi) is 4.82. The molecule has 8 nitrogen and oxygen atoms in total. The molecule has 0 aliphatic carbocycles. The highest BCUT2D eigenvalue weighted by molar-refractivity contribution is 5.94. The number of halogens is 1. The van der Waals surface area contributed by atoms with Crippen molar-refractivity contribution in [2.75, 3.05) is 44.8 Å². The highest BCUT2D eigenvalue weighted by atomic mass is 19.1. The van der Waals surface area contributed by atoms with E-state index >= 15 is 0 Å². The van der Waals surface area contributed by atoms with Crippen LogP contribution in [-0.2, 0) is 11.3 Å². The van der Waals surface area contributed by atoms with Gasteiger partial charge in [-0.05, 0) is 18.2 Å². The number of hydrogen-bond acceptors (Lipinski definition) is 6. The first-order chi connectivity index (χ1) is 14.6. The van der Waals surface area contributed by atoms with Gasteiger partial charge in [0.05, 0.1) is 12.9 Å². The summed E-state index contributed by atoms with van der Waals surface area (Å²) in [5.74, 6) is 1.08. The van der Waals surface area contributed by atoms with Crippen LogP contribution >= 0.6 is 0 Å². The number of hydrogen-bond donors (Lipinski definition) is 0. The van der Waals surface area contributed by atoms with E-state index in [1.165, 1.54) is 12.1 Å². The molecule has 2 aromatic heterocycles. The van der Waals surface area contributed by atoms with E-state index in [2.05, 4.69) is 19.9 Å². The Hall–Kier alpha value is -3.07. The molecule has 1 amide bonds. The van der Waals surface area contributed by atoms with Crippen LogP contribution in [0, 0.1) is 17.7 Å². The Balaban J connectivity index is 1.30. The number of amides is 1. The van der Waals surface area contributed by atoms with E-state index in [1.807, 2.05) is 9.47 Å². The van der Waals surface area contributed by atoms with Gasteiger partial charge in [0.15, 0.2) is 17.0 Å². The van der Waals surface area contributed by atoms with E-state index in [1.54, 1.807) is 31.9 Å². The number of anilines is 1. The molecule has 2 fully saturated rings. The largest absolute Gasteiger partial charge is 0.383 e. The molecule has 0 radical (unpaired) electrons. The van der Waals surface area contributed by atoms with Gasteiger partial charge in [0.2, 0.25) is 0 Å². The molecular formula is C21H23FN6O2. The topological polar surface area (TPSA) is 76.4 Å². The number of carbonyl (C=O) groups excluding carboxylic acids is 1. The van der Waals surface area contributed by atoms with E-state index in [0.29, 0.717) is 43.6 Å². The SMILES string of the molecule is COCCn1cnc2c(N3CC4CN(C(=O)c5cccc(F)c5)CC4C3)ncnc21. The van der Waals surface area contributed by atoms with Crippen LogP contribution in [0.3, 0.4) is 0 Å². The van der Waals surface area contributed by atoms with Crippen molar-refractivity contribution in [1.29, 1.82) is 0 Å². The van der Waals surface area contributed by atoms with Crippen molar-refractivity contribution in [2.24, 2.45) is 11.8 Å². The zero-order chi connectivity index (χ0) is 20.7. The second-order valence-electron chi connectivity index (χ2n) is 7.95. The average molecular weight is 410 g/mol. The van der Waals surface area contributed by atoms with Crippen LogP contribution in [0.1, 0.15) is 10.4 Å². The standard InChI is InChI=1S/C21H23FN6O2/c1-30-6-5-26-13-25-18-19(26)23-12-24-20(18)27-8-15-10-28(11-16(15)9-27)21(29)14-3-2-4-17(22)7-14/h2-4,7,12-13,15-16H,5-6,8-11H2,1H3. The summed E-state index contributed by atoms with van der Waals surface area (Å²) in [6.45, 7) is 4.25. The molecule has 2 atom stereocenters. The number of aromatic nitrogens is 4. The van der Waals surface area contributed by atoms with Gasteiger partial charge in [0.1, 0.15) is 12.1 Å². The monoisotopic (exact) mass is 410 g/mol. The minimum atomic E-state index is -0.385. The van der Waals surface area contributed by atoms with Crippen molar-refractivity contribution in [3.05, 3.63) is 48.3 Å². The molecule has 2 aliphatic heterocycles. The van der Waals surface area contributed by atoms with Gasteiger partial charge in [-0.2, -0.15) is 0 Å². The van der Waals surface area contributed by atoms with Crippen molar-refractivity contribution in [1.82, 2.24) is 24.4 Å². The summed E-state index contributed by atoms with van der Waals surface area (Å²) < 4.78 is 20.6. The molecule has 0 spiro atoms. The van der Waals surface area contributed by atoms with Crippen LogP contribution in [0.5, 0.6) is 0 Å². The third-order valence-corrected chi connectivity index (χ3v) is 6.06. The molecule has 4 heterocycles. The van der Waals surface area contributed by atoms with E-state index < -0.39 is 0 Å². The molecule has 1 aromatic carbocycles.